The van der Waals surface area contributed by atoms with Gasteiger partial charge in [0.2, 0.25) is 0 Å². The molecule has 0 radical (unpaired) electrons. The predicted molar refractivity (Wildman–Crippen MR) is 94.7 cm³/mol. The third-order valence-corrected chi connectivity index (χ3v) is 4.23. The molecule has 1 aromatic heterocycles. The average molecular weight is 347 g/mol. The fraction of sp³-hybridized carbons (Fsp3) is 0.294. The van der Waals surface area contributed by atoms with Gasteiger partial charge in [-0.05, 0) is 23.3 Å². The topological polar surface area (TPSA) is 79.4 Å². The Balaban J connectivity index is 1.94. The fourth-order valence-corrected chi connectivity index (χ4v) is 2.92. The van der Waals surface area contributed by atoms with Crippen LogP contribution in [0.5, 0.6) is 0 Å². The lowest BCUT2D eigenvalue weighted by molar-refractivity contribution is 0.0950. The molecule has 1 N–H and O–H groups in total. The predicted octanol–water partition coefficient (Wildman–Crippen LogP) is 1.62. The standard InChI is InChI=1S/C17H21N3O3S/c1-20(2)16-9-8-15(11-18-16)17(21)19-10-13-4-6-14(7-5-13)12-24(3,22)23/h4-9,11H,10,12H2,1-3H3,(H,19,21). The number of carbonyl (C=O) groups excluding carboxylic acids is 1. The first-order chi connectivity index (χ1) is 11.2. The van der Waals surface area contributed by atoms with Crippen LogP contribution in [0.3, 0.4) is 0 Å². The summed E-state index contributed by atoms with van der Waals surface area (Å²) in [6.07, 6.45) is 2.75. The lowest BCUT2D eigenvalue weighted by atomic mass is 10.1. The van der Waals surface area contributed by atoms with Crippen molar-refractivity contribution in [2.75, 3.05) is 25.3 Å². The molecule has 1 aromatic carbocycles. The maximum atomic E-state index is 12.1. The van der Waals surface area contributed by atoms with Crippen LogP contribution in [0, 0.1) is 0 Å². The van der Waals surface area contributed by atoms with Crippen molar-refractivity contribution < 1.29 is 13.2 Å². The van der Waals surface area contributed by atoms with Crippen molar-refractivity contribution in [2.24, 2.45) is 0 Å². The summed E-state index contributed by atoms with van der Waals surface area (Å²) in [6.45, 7) is 0.368. The molecule has 0 aliphatic rings. The van der Waals surface area contributed by atoms with Crippen LogP contribution in [-0.2, 0) is 22.1 Å². The number of anilines is 1. The zero-order chi connectivity index (χ0) is 17.7. The molecule has 0 unspecified atom stereocenters. The van der Waals surface area contributed by atoms with Crippen molar-refractivity contribution in [1.82, 2.24) is 10.3 Å². The molecule has 128 valence electrons. The van der Waals surface area contributed by atoms with E-state index in [1.165, 1.54) is 6.26 Å². The second kappa shape index (κ2) is 7.44. The molecule has 0 aliphatic carbocycles. The number of rotatable bonds is 6. The zero-order valence-electron chi connectivity index (χ0n) is 14.0. The second-order valence-electron chi connectivity index (χ2n) is 5.87. The number of amides is 1. The molecule has 1 heterocycles. The highest BCUT2D eigenvalue weighted by Gasteiger charge is 2.08. The molecule has 2 rings (SSSR count). The molecule has 0 saturated heterocycles. The van der Waals surface area contributed by atoms with Gasteiger partial charge < -0.3 is 10.2 Å². The van der Waals surface area contributed by atoms with Gasteiger partial charge in [-0.1, -0.05) is 24.3 Å². The highest BCUT2D eigenvalue weighted by molar-refractivity contribution is 7.89. The first-order valence-electron chi connectivity index (χ1n) is 7.42. The van der Waals surface area contributed by atoms with E-state index in [0.717, 1.165) is 16.9 Å². The van der Waals surface area contributed by atoms with Crippen molar-refractivity contribution in [3.05, 3.63) is 59.3 Å². The number of nitrogens with zero attached hydrogens (tertiary/aromatic N) is 2. The van der Waals surface area contributed by atoms with Crippen LogP contribution < -0.4 is 10.2 Å². The third kappa shape index (κ3) is 5.34. The van der Waals surface area contributed by atoms with Crippen molar-refractivity contribution in [1.29, 1.82) is 0 Å². The van der Waals surface area contributed by atoms with E-state index in [1.54, 1.807) is 30.5 Å². The Kier molecular flexibility index (Phi) is 5.56. The number of benzene rings is 1. The maximum Gasteiger partial charge on any atom is 0.253 e. The summed E-state index contributed by atoms with van der Waals surface area (Å²) in [5, 5.41) is 2.82. The SMILES string of the molecule is CN(C)c1ccc(C(=O)NCc2ccc(CS(C)(=O)=O)cc2)cn1. The van der Waals surface area contributed by atoms with E-state index in [-0.39, 0.29) is 11.7 Å². The first kappa shape index (κ1) is 17.9. The number of carbonyl (C=O) groups is 1. The summed E-state index contributed by atoms with van der Waals surface area (Å²) in [7, 11) is 0.727. The Hall–Kier alpha value is -2.41. The summed E-state index contributed by atoms with van der Waals surface area (Å²) >= 11 is 0. The van der Waals surface area contributed by atoms with E-state index in [0.29, 0.717) is 12.1 Å². The zero-order valence-corrected chi connectivity index (χ0v) is 14.8. The van der Waals surface area contributed by atoms with Crippen LogP contribution in [0.15, 0.2) is 42.6 Å². The number of hydrogen-bond donors (Lipinski definition) is 1. The summed E-state index contributed by atoms with van der Waals surface area (Å²) < 4.78 is 22.5. The highest BCUT2D eigenvalue weighted by atomic mass is 32.2. The summed E-state index contributed by atoms with van der Waals surface area (Å²) in [6, 6.07) is 10.7. The van der Waals surface area contributed by atoms with Gasteiger partial charge in [0.25, 0.3) is 5.91 Å². The molecular formula is C17H21N3O3S. The van der Waals surface area contributed by atoms with E-state index in [1.807, 2.05) is 31.1 Å². The van der Waals surface area contributed by atoms with Gasteiger partial charge in [0, 0.05) is 33.1 Å². The Morgan fingerprint density at radius 2 is 1.71 bits per heavy atom. The molecular weight excluding hydrogens is 326 g/mol. The van der Waals surface area contributed by atoms with Crippen LogP contribution in [-0.4, -0.2) is 39.7 Å². The van der Waals surface area contributed by atoms with E-state index in [9.17, 15) is 13.2 Å². The van der Waals surface area contributed by atoms with Gasteiger partial charge in [-0.25, -0.2) is 13.4 Å². The van der Waals surface area contributed by atoms with Gasteiger partial charge in [0.05, 0.1) is 11.3 Å². The average Bonchev–Trinajstić information content (AvgIpc) is 2.52. The van der Waals surface area contributed by atoms with E-state index in [4.69, 9.17) is 0 Å². The lowest BCUT2D eigenvalue weighted by Gasteiger charge is -2.11. The molecule has 0 aliphatic heterocycles. The summed E-state index contributed by atoms with van der Waals surface area (Å²) in [5.41, 5.74) is 2.13. The fourth-order valence-electron chi connectivity index (χ4n) is 2.13. The molecule has 2 aromatic rings. The number of nitrogens with one attached hydrogen (secondary N) is 1. The quantitative estimate of drug-likeness (QED) is 0.859. The minimum Gasteiger partial charge on any atom is -0.363 e. The molecule has 0 saturated carbocycles. The van der Waals surface area contributed by atoms with Crippen molar-refractivity contribution in [3.8, 4) is 0 Å². The minimum atomic E-state index is -3.04. The Labute approximate surface area is 142 Å². The van der Waals surface area contributed by atoms with Gasteiger partial charge in [0.1, 0.15) is 5.82 Å². The molecule has 1 amide bonds. The van der Waals surface area contributed by atoms with Gasteiger partial charge in [0.15, 0.2) is 9.84 Å². The van der Waals surface area contributed by atoms with Gasteiger partial charge in [-0.2, -0.15) is 0 Å². The molecule has 6 nitrogen and oxygen atoms in total. The highest BCUT2D eigenvalue weighted by Crippen LogP contribution is 2.10. The van der Waals surface area contributed by atoms with Crippen molar-refractivity contribution >= 4 is 21.6 Å². The van der Waals surface area contributed by atoms with Crippen LogP contribution in [0.1, 0.15) is 21.5 Å². The van der Waals surface area contributed by atoms with Crippen molar-refractivity contribution in [3.63, 3.8) is 0 Å². The van der Waals surface area contributed by atoms with Crippen molar-refractivity contribution in [2.45, 2.75) is 12.3 Å². The summed E-state index contributed by atoms with van der Waals surface area (Å²) in [5.74, 6) is 0.602. The second-order valence-corrected chi connectivity index (χ2v) is 8.01. The number of hydrogen-bond acceptors (Lipinski definition) is 5. The summed E-state index contributed by atoms with van der Waals surface area (Å²) in [4.78, 5) is 18.2. The first-order valence-corrected chi connectivity index (χ1v) is 9.48. The Bertz CT molecular complexity index is 798. The maximum absolute atomic E-state index is 12.1. The molecule has 0 spiro atoms. The van der Waals surface area contributed by atoms with Crippen LogP contribution in [0.2, 0.25) is 0 Å². The van der Waals surface area contributed by atoms with E-state index < -0.39 is 9.84 Å². The van der Waals surface area contributed by atoms with E-state index >= 15 is 0 Å². The lowest BCUT2D eigenvalue weighted by Crippen LogP contribution is -2.23. The van der Waals surface area contributed by atoms with Crippen LogP contribution in [0.4, 0.5) is 5.82 Å². The molecule has 0 atom stereocenters. The van der Waals surface area contributed by atoms with Gasteiger partial charge in [-0.3, -0.25) is 4.79 Å². The Morgan fingerprint density at radius 3 is 2.21 bits per heavy atom. The molecule has 0 fully saturated rings. The van der Waals surface area contributed by atoms with Crippen LogP contribution >= 0.6 is 0 Å². The van der Waals surface area contributed by atoms with E-state index in [2.05, 4.69) is 10.3 Å². The monoisotopic (exact) mass is 347 g/mol. The third-order valence-electron chi connectivity index (χ3n) is 3.37. The molecule has 0 bridgehead atoms. The number of pyridine rings is 1. The largest absolute Gasteiger partial charge is 0.363 e. The molecule has 7 heteroatoms. The number of aromatic nitrogens is 1. The number of sulfone groups is 1. The smallest absolute Gasteiger partial charge is 0.253 e. The minimum absolute atomic E-state index is 0.0174. The normalized spacial score (nSPS) is 11.1. The molecule has 24 heavy (non-hydrogen) atoms. The van der Waals surface area contributed by atoms with Crippen LogP contribution in [0.25, 0.3) is 0 Å². The van der Waals surface area contributed by atoms with Gasteiger partial charge in [-0.15, -0.1) is 0 Å². The Morgan fingerprint density at radius 1 is 1.08 bits per heavy atom. The van der Waals surface area contributed by atoms with Gasteiger partial charge >= 0.3 is 0 Å².